The number of amides is 1. The molecule has 0 aliphatic carbocycles. The largest absolute Gasteiger partial charge is 0.377 e. The molecule has 0 radical (unpaired) electrons. The van der Waals surface area contributed by atoms with E-state index >= 15 is 0 Å². The van der Waals surface area contributed by atoms with Gasteiger partial charge in [-0.15, -0.1) is 0 Å². The Bertz CT molecular complexity index is 1140. The highest BCUT2D eigenvalue weighted by molar-refractivity contribution is 6.15. The molecule has 28 heavy (non-hydrogen) atoms. The van der Waals surface area contributed by atoms with E-state index in [0.29, 0.717) is 25.3 Å². The fourth-order valence-corrected chi connectivity index (χ4v) is 3.46. The molecular formula is C24H22N2O2. The molecule has 0 unspecified atom stereocenters. The van der Waals surface area contributed by atoms with Crippen molar-refractivity contribution >= 4 is 27.6 Å². The Kier molecular flexibility index (Phi) is 5.31. The minimum atomic E-state index is -0.124. The summed E-state index contributed by atoms with van der Waals surface area (Å²) in [6, 6.07) is 21.9. The zero-order chi connectivity index (χ0) is 19.3. The summed E-state index contributed by atoms with van der Waals surface area (Å²) in [6.45, 7) is 3.63. The molecule has 0 fully saturated rings. The number of carbonyl (C=O) groups excluding carboxylic acids is 1. The predicted molar refractivity (Wildman–Crippen MR) is 112 cm³/mol. The van der Waals surface area contributed by atoms with Gasteiger partial charge in [-0.25, -0.2) is 0 Å². The monoisotopic (exact) mass is 370 g/mol. The molecule has 0 spiro atoms. The highest BCUT2D eigenvalue weighted by atomic mass is 16.5. The third-order valence-electron chi connectivity index (χ3n) is 4.88. The molecule has 1 heterocycles. The number of rotatable bonds is 6. The highest BCUT2D eigenvalue weighted by Crippen LogP contribution is 2.27. The van der Waals surface area contributed by atoms with Crippen LogP contribution in [0.3, 0.4) is 0 Å². The second-order valence-electron chi connectivity index (χ2n) is 6.63. The number of ether oxygens (including phenoxy) is 1. The van der Waals surface area contributed by atoms with Gasteiger partial charge < -0.3 is 10.1 Å². The number of nitrogens with zero attached hydrogens (tertiary/aromatic N) is 1. The molecule has 0 atom stereocenters. The van der Waals surface area contributed by atoms with E-state index in [0.717, 1.165) is 32.8 Å². The fraction of sp³-hybridized carbons (Fsp3) is 0.167. The standard InChI is InChI=1S/C24H22N2O2/c1-2-28-16-19-10-4-3-9-18(19)15-26-24(27)22-14-17-8-5-6-11-20(17)21-12-7-13-25-23(21)22/h3-14H,2,15-16H2,1H3,(H,26,27). The average Bonchev–Trinajstić information content (AvgIpc) is 2.76. The van der Waals surface area contributed by atoms with E-state index < -0.39 is 0 Å². The molecule has 0 saturated carbocycles. The molecule has 4 heteroatoms. The predicted octanol–water partition coefficient (Wildman–Crippen LogP) is 4.85. The van der Waals surface area contributed by atoms with E-state index in [4.69, 9.17) is 4.74 Å². The van der Waals surface area contributed by atoms with Crippen LogP contribution in [-0.2, 0) is 17.9 Å². The molecule has 0 bridgehead atoms. The summed E-state index contributed by atoms with van der Waals surface area (Å²) in [5.41, 5.74) is 3.46. The Labute approximate surface area is 164 Å². The van der Waals surface area contributed by atoms with Crippen molar-refractivity contribution in [3.8, 4) is 0 Å². The highest BCUT2D eigenvalue weighted by Gasteiger charge is 2.14. The Balaban J connectivity index is 1.65. The van der Waals surface area contributed by atoms with Crippen molar-refractivity contribution < 1.29 is 9.53 Å². The van der Waals surface area contributed by atoms with Gasteiger partial charge in [0, 0.05) is 24.7 Å². The van der Waals surface area contributed by atoms with E-state index in [1.807, 2.05) is 67.6 Å². The lowest BCUT2D eigenvalue weighted by Gasteiger charge is -2.12. The van der Waals surface area contributed by atoms with Gasteiger partial charge in [0.25, 0.3) is 5.91 Å². The van der Waals surface area contributed by atoms with E-state index in [9.17, 15) is 4.79 Å². The maximum absolute atomic E-state index is 13.0. The molecule has 1 amide bonds. The van der Waals surface area contributed by atoms with Crippen LogP contribution in [0.15, 0.2) is 72.9 Å². The Hall–Kier alpha value is -3.24. The molecule has 1 N–H and O–H groups in total. The van der Waals surface area contributed by atoms with Gasteiger partial charge in [-0.1, -0.05) is 54.6 Å². The molecule has 4 aromatic rings. The van der Waals surface area contributed by atoms with Crippen LogP contribution in [0.1, 0.15) is 28.4 Å². The van der Waals surface area contributed by atoms with Gasteiger partial charge in [-0.05, 0) is 41.0 Å². The zero-order valence-corrected chi connectivity index (χ0v) is 15.8. The van der Waals surface area contributed by atoms with Crippen LogP contribution in [0.4, 0.5) is 0 Å². The first-order chi connectivity index (χ1) is 13.8. The number of pyridine rings is 1. The number of nitrogens with one attached hydrogen (secondary N) is 1. The lowest BCUT2D eigenvalue weighted by atomic mass is 10.00. The summed E-state index contributed by atoms with van der Waals surface area (Å²) in [5.74, 6) is -0.124. The number of benzene rings is 3. The van der Waals surface area contributed by atoms with Crippen molar-refractivity contribution in [2.24, 2.45) is 0 Å². The number of hydrogen-bond donors (Lipinski definition) is 1. The summed E-state index contributed by atoms with van der Waals surface area (Å²) in [5, 5.41) is 6.18. The minimum Gasteiger partial charge on any atom is -0.377 e. The number of fused-ring (bicyclic) bond motifs is 3. The van der Waals surface area contributed by atoms with Gasteiger partial charge in [0.05, 0.1) is 17.7 Å². The van der Waals surface area contributed by atoms with Crippen LogP contribution in [-0.4, -0.2) is 17.5 Å². The van der Waals surface area contributed by atoms with Crippen molar-refractivity contribution in [1.29, 1.82) is 0 Å². The molecule has 1 aromatic heterocycles. The number of carbonyl (C=O) groups is 1. The molecule has 3 aromatic carbocycles. The lowest BCUT2D eigenvalue weighted by molar-refractivity contribution is 0.0951. The van der Waals surface area contributed by atoms with Gasteiger partial charge in [0.2, 0.25) is 0 Å². The quantitative estimate of drug-likeness (QED) is 0.493. The average molecular weight is 370 g/mol. The van der Waals surface area contributed by atoms with Crippen molar-refractivity contribution in [2.75, 3.05) is 6.61 Å². The van der Waals surface area contributed by atoms with Gasteiger partial charge in [0.1, 0.15) is 0 Å². The lowest BCUT2D eigenvalue weighted by Crippen LogP contribution is -2.24. The van der Waals surface area contributed by atoms with Gasteiger partial charge >= 0.3 is 0 Å². The van der Waals surface area contributed by atoms with Crippen LogP contribution in [0.25, 0.3) is 21.7 Å². The normalized spacial score (nSPS) is 11.0. The minimum absolute atomic E-state index is 0.124. The van der Waals surface area contributed by atoms with Crippen LogP contribution in [0, 0.1) is 0 Å². The summed E-state index contributed by atoms with van der Waals surface area (Å²) >= 11 is 0. The van der Waals surface area contributed by atoms with Crippen LogP contribution in [0.5, 0.6) is 0 Å². The smallest absolute Gasteiger partial charge is 0.253 e. The second-order valence-corrected chi connectivity index (χ2v) is 6.63. The Morgan fingerprint density at radius 1 is 0.964 bits per heavy atom. The third-order valence-corrected chi connectivity index (χ3v) is 4.88. The van der Waals surface area contributed by atoms with E-state index in [1.165, 1.54) is 0 Å². The maximum Gasteiger partial charge on any atom is 0.253 e. The van der Waals surface area contributed by atoms with Gasteiger partial charge in [-0.3, -0.25) is 9.78 Å². The molecule has 0 aliphatic heterocycles. The molecule has 0 saturated heterocycles. The molecule has 4 nitrogen and oxygen atoms in total. The summed E-state index contributed by atoms with van der Waals surface area (Å²) in [4.78, 5) is 17.5. The third kappa shape index (κ3) is 3.59. The molecule has 4 rings (SSSR count). The number of hydrogen-bond acceptors (Lipinski definition) is 3. The zero-order valence-electron chi connectivity index (χ0n) is 15.8. The van der Waals surface area contributed by atoms with Crippen molar-refractivity contribution in [3.63, 3.8) is 0 Å². The van der Waals surface area contributed by atoms with Crippen LogP contribution >= 0.6 is 0 Å². The van der Waals surface area contributed by atoms with Gasteiger partial charge in [-0.2, -0.15) is 0 Å². The van der Waals surface area contributed by atoms with Crippen LogP contribution < -0.4 is 5.32 Å². The maximum atomic E-state index is 13.0. The van der Waals surface area contributed by atoms with E-state index in [2.05, 4.69) is 16.4 Å². The van der Waals surface area contributed by atoms with E-state index in [-0.39, 0.29) is 5.91 Å². The Morgan fingerprint density at radius 3 is 2.57 bits per heavy atom. The van der Waals surface area contributed by atoms with Crippen molar-refractivity contribution in [2.45, 2.75) is 20.1 Å². The molecular weight excluding hydrogens is 348 g/mol. The molecule has 140 valence electrons. The summed E-state index contributed by atoms with van der Waals surface area (Å²) < 4.78 is 5.53. The topological polar surface area (TPSA) is 51.2 Å². The first-order valence-electron chi connectivity index (χ1n) is 9.47. The Morgan fingerprint density at radius 2 is 1.71 bits per heavy atom. The van der Waals surface area contributed by atoms with Crippen molar-refractivity contribution in [1.82, 2.24) is 10.3 Å². The van der Waals surface area contributed by atoms with E-state index in [1.54, 1.807) is 6.20 Å². The first kappa shape index (κ1) is 18.1. The summed E-state index contributed by atoms with van der Waals surface area (Å²) in [7, 11) is 0. The first-order valence-corrected chi connectivity index (χ1v) is 9.47. The van der Waals surface area contributed by atoms with Crippen molar-refractivity contribution in [3.05, 3.63) is 89.6 Å². The second kappa shape index (κ2) is 8.19. The fourth-order valence-electron chi connectivity index (χ4n) is 3.46. The molecule has 0 aliphatic rings. The number of aromatic nitrogens is 1. The van der Waals surface area contributed by atoms with Crippen LogP contribution in [0.2, 0.25) is 0 Å². The summed E-state index contributed by atoms with van der Waals surface area (Å²) in [6.07, 6.45) is 1.73. The SMILES string of the molecule is CCOCc1ccccc1CNC(=O)c1cc2ccccc2c2cccnc12. The van der Waals surface area contributed by atoms with Gasteiger partial charge in [0.15, 0.2) is 0 Å².